The summed E-state index contributed by atoms with van der Waals surface area (Å²) in [5.41, 5.74) is 2.99. The number of hydrazone groups is 1. The second-order valence-electron chi connectivity index (χ2n) is 3.66. The second kappa shape index (κ2) is 6.17. The van der Waals surface area contributed by atoms with Crippen molar-refractivity contribution in [3.05, 3.63) is 47.2 Å². The lowest BCUT2D eigenvalue weighted by Crippen LogP contribution is -2.20. The minimum atomic E-state index is -0.608. The first-order valence-corrected chi connectivity index (χ1v) is 5.85. The van der Waals surface area contributed by atoms with E-state index in [1.807, 2.05) is 12.1 Å². The van der Waals surface area contributed by atoms with Gasteiger partial charge in [-0.15, -0.1) is 0 Å². The summed E-state index contributed by atoms with van der Waals surface area (Å²) in [7, 11) is 0. The fourth-order valence-electron chi connectivity index (χ4n) is 1.42. The van der Waals surface area contributed by atoms with Crippen LogP contribution in [-0.2, 0) is 4.79 Å². The number of rotatable bonds is 4. The van der Waals surface area contributed by atoms with Crippen LogP contribution in [0.15, 0.2) is 45.9 Å². The molecule has 0 saturated heterocycles. The number of carbonyl (C=O) groups excluding carboxylic acids is 1. The highest BCUT2D eigenvalue weighted by Gasteiger charge is 2.04. The lowest BCUT2D eigenvalue weighted by atomic mass is 10.2. The summed E-state index contributed by atoms with van der Waals surface area (Å²) in [6, 6.07) is 10.8. The SMILES string of the molecule is O=C(CO)N/N=C\c1ccc(-c2cccc(Cl)c2)o1. The molecule has 1 aromatic heterocycles. The summed E-state index contributed by atoms with van der Waals surface area (Å²) in [4.78, 5) is 10.7. The first kappa shape index (κ1) is 13.3. The molecular weight excluding hydrogens is 268 g/mol. The van der Waals surface area contributed by atoms with E-state index in [4.69, 9.17) is 21.1 Å². The Labute approximate surface area is 114 Å². The van der Waals surface area contributed by atoms with Crippen LogP contribution in [0.2, 0.25) is 5.02 Å². The Morgan fingerprint density at radius 3 is 3.00 bits per heavy atom. The van der Waals surface area contributed by atoms with Crippen LogP contribution in [0.5, 0.6) is 0 Å². The molecule has 0 unspecified atom stereocenters. The van der Waals surface area contributed by atoms with Crippen LogP contribution in [0.3, 0.4) is 0 Å². The molecule has 0 fully saturated rings. The number of carbonyl (C=O) groups is 1. The molecule has 0 aliphatic heterocycles. The van der Waals surface area contributed by atoms with E-state index in [0.717, 1.165) is 5.56 Å². The molecule has 0 aliphatic rings. The van der Waals surface area contributed by atoms with E-state index in [2.05, 4.69) is 10.5 Å². The van der Waals surface area contributed by atoms with Gasteiger partial charge in [0.2, 0.25) is 0 Å². The maximum Gasteiger partial charge on any atom is 0.265 e. The first-order chi connectivity index (χ1) is 9.19. The third-order valence-electron chi connectivity index (χ3n) is 2.26. The molecule has 0 bridgehead atoms. The molecule has 2 rings (SSSR count). The largest absolute Gasteiger partial charge is 0.455 e. The normalized spacial score (nSPS) is 10.8. The van der Waals surface area contributed by atoms with Gasteiger partial charge in [-0.2, -0.15) is 5.10 Å². The molecule has 6 heteroatoms. The smallest absolute Gasteiger partial charge is 0.265 e. The zero-order valence-corrected chi connectivity index (χ0v) is 10.6. The molecule has 19 heavy (non-hydrogen) atoms. The number of nitrogens with one attached hydrogen (secondary N) is 1. The summed E-state index contributed by atoms with van der Waals surface area (Å²) in [5, 5.41) is 12.7. The van der Waals surface area contributed by atoms with E-state index in [1.165, 1.54) is 6.21 Å². The van der Waals surface area contributed by atoms with Gasteiger partial charge in [-0.3, -0.25) is 4.79 Å². The van der Waals surface area contributed by atoms with Gasteiger partial charge in [0.25, 0.3) is 5.91 Å². The van der Waals surface area contributed by atoms with Crippen LogP contribution in [0, 0.1) is 0 Å². The zero-order chi connectivity index (χ0) is 13.7. The number of furan rings is 1. The molecule has 2 N–H and O–H groups in total. The minimum absolute atomic E-state index is 0.480. The number of hydrogen-bond donors (Lipinski definition) is 2. The Morgan fingerprint density at radius 2 is 2.26 bits per heavy atom. The van der Waals surface area contributed by atoms with Gasteiger partial charge in [0.05, 0.1) is 6.21 Å². The van der Waals surface area contributed by atoms with Gasteiger partial charge in [-0.25, -0.2) is 5.43 Å². The van der Waals surface area contributed by atoms with Crippen LogP contribution in [0.4, 0.5) is 0 Å². The van der Waals surface area contributed by atoms with E-state index < -0.39 is 12.5 Å². The summed E-state index contributed by atoms with van der Waals surface area (Å²) in [6.45, 7) is -0.608. The van der Waals surface area contributed by atoms with Crippen molar-refractivity contribution in [2.75, 3.05) is 6.61 Å². The van der Waals surface area contributed by atoms with Gasteiger partial charge in [0, 0.05) is 10.6 Å². The highest BCUT2D eigenvalue weighted by Crippen LogP contribution is 2.24. The quantitative estimate of drug-likeness (QED) is 0.664. The third-order valence-corrected chi connectivity index (χ3v) is 2.50. The highest BCUT2D eigenvalue weighted by molar-refractivity contribution is 6.30. The van der Waals surface area contributed by atoms with Crippen molar-refractivity contribution in [2.45, 2.75) is 0 Å². The average Bonchev–Trinajstić information content (AvgIpc) is 2.87. The van der Waals surface area contributed by atoms with Gasteiger partial charge in [0.1, 0.15) is 18.1 Å². The van der Waals surface area contributed by atoms with Crippen LogP contribution in [0.1, 0.15) is 5.76 Å². The Balaban J connectivity index is 2.09. The van der Waals surface area contributed by atoms with Gasteiger partial charge < -0.3 is 9.52 Å². The van der Waals surface area contributed by atoms with E-state index in [-0.39, 0.29) is 0 Å². The lowest BCUT2D eigenvalue weighted by molar-refractivity contribution is -0.123. The Hall–Kier alpha value is -2.11. The van der Waals surface area contributed by atoms with Crippen LogP contribution in [0.25, 0.3) is 11.3 Å². The first-order valence-electron chi connectivity index (χ1n) is 5.47. The third kappa shape index (κ3) is 3.67. The number of amides is 1. The van der Waals surface area contributed by atoms with Crippen molar-refractivity contribution < 1.29 is 14.3 Å². The van der Waals surface area contributed by atoms with Crippen molar-refractivity contribution in [3.63, 3.8) is 0 Å². The second-order valence-corrected chi connectivity index (χ2v) is 4.10. The molecule has 98 valence electrons. The lowest BCUT2D eigenvalue weighted by Gasteiger charge is -1.97. The van der Waals surface area contributed by atoms with E-state index in [9.17, 15) is 4.79 Å². The van der Waals surface area contributed by atoms with Crippen molar-refractivity contribution in [1.29, 1.82) is 0 Å². The molecule has 0 aliphatic carbocycles. The summed E-state index contributed by atoms with van der Waals surface area (Å²) in [5.74, 6) is 0.545. The van der Waals surface area contributed by atoms with Gasteiger partial charge in [-0.1, -0.05) is 23.7 Å². The number of hydrogen-bond acceptors (Lipinski definition) is 4. The molecule has 1 amide bonds. The fourth-order valence-corrected chi connectivity index (χ4v) is 1.61. The topological polar surface area (TPSA) is 74.8 Å². The minimum Gasteiger partial charge on any atom is -0.455 e. The van der Waals surface area contributed by atoms with E-state index in [1.54, 1.807) is 24.3 Å². The van der Waals surface area contributed by atoms with Gasteiger partial charge in [-0.05, 0) is 24.3 Å². The molecule has 0 saturated carbocycles. The number of benzene rings is 1. The maximum atomic E-state index is 10.7. The highest BCUT2D eigenvalue weighted by atomic mass is 35.5. The van der Waals surface area contributed by atoms with E-state index >= 15 is 0 Å². The summed E-state index contributed by atoms with van der Waals surface area (Å²) < 4.78 is 5.52. The Bertz CT molecular complexity index is 607. The van der Waals surface area contributed by atoms with Crippen molar-refractivity contribution >= 4 is 23.7 Å². The number of nitrogens with zero attached hydrogens (tertiary/aromatic N) is 1. The standard InChI is InChI=1S/C13H11ClN2O3/c14-10-3-1-2-9(6-10)12-5-4-11(19-12)7-15-16-13(18)8-17/h1-7,17H,8H2,(H,16,18)/b15-7-. The molecular formula is C13H11ClN2O3. The van der Waals surface area contributed by atoms with Crippen LogP contribution >= 0.6 is 11.6 Å². The van der Waals surface area contributed by atoms with Crippen LogP contribution < -0.4 is 5.43 Å². The fraction of sp³-hybridized carbons (Fsp3) is 0.0769. The molecule has 0 spiro atoms. The molecule has 0 radical (unpaired) electrons. The summed E-state index contributed by atoms with van der Waals surface area (Å²) >= 11 is 5.90. The van der Waals surface area contributed by atoms with Crippen LogP contribution in [-0.4, -0.2) is 23.8 Å². The Kier molecular flexibility index (Phi) is 4.33. The monoisotopic (exact) mass is 278 g/mol. The van der Waals surface area contributed by atoms with E-state index in [0.29, 0.717) is 16.5 Å². The number of aliphatic hydroxyl groups excluding tert-OH is 1. The number of aliphatic hydroxyl groups is 1. The zero-order valence-electron chi connectivity index (χ0n) is 9.84. The Morgan fingerprint density at radius 1 is 1.42 bits per heavy atom. The maximum absolute atomic E-state index is 10.7. The van der Waals surface area contributed by atoms with Crippen molar-refractivity contribution in [2.24, 2.45) is 5.10 Å². The molecule has 5 nitrogen and oxygen atoms in total. The number of halogens is 1. The molecule has 2 aromatic rings. The average molecular weight is 279 g/mol. The van der Waals surface area contributed by atoms with Gasteiger partial charge >= 0.3 is 0 Å². The van der Waals surface area contributed by atoms with Crippen molar-refractivity contribution in [3.8, 4) is 11.3 Å². The predicted molar refractivity (Wildman–Crippen MR) is 72.0 cm³/mol. The molecule has 1 heterocycles. The molecule has 1 aromatic carbocycles. The van der Waals surface area contributed by atoms with Crippen molar-refractivity contribution in [1.82, 2.24) is 5.43 Å². The predicted octanol–water partition coefficient (Wildman–Crippen LogP) is 2.04. The van der Waals surface area contributed by atoms with Gasteiger partial charge in [0.15, 0.2) is 0 Å². The molecule has 0 atom stereocenters. The summed E-state index contributed by atoms with van der Waals surface area (Å²) in [6.07, 6.45) is 1.35.